The number of anilines is 1. The van der Waals surface area contributed by atoms with Crippen molar-refractivity contribution in [1.29, 1.82) is 0 Å². The molecular formula is C38H48N6O9. The van der Waals surface area contributed by atoms with E-state index in [9.17, 15) is 28.8 Å². The van der Waals surface area contributed by atoms with Crippen molar-refractivity contribution in [2.45, 2.75) is 78.0 Å². The van der Waals surface area contributed by atoms with Crippen molar-refractivity contribution in [1.82, 2.24) is 21.3 Å². The Kier molecular flexibility index (Phi) is 16.6. The summed E-state index contributed by atoms with van der Waals surface area (Å²) in [5.74, 6) is -1.76. The maximum absolute atomic E-state index is 13.4. The quantitative estimate of drug-likeness (QED) is 0.0805. The molecule has 0 fully saturated rings. The molecule has 0 spiro atoms. The first-order chi connectivity index (χ1) is 25.3. The van der Waals surface area contributed by atoms with Gasteiger partial charge in [-0.05, 0) is 54.5 Å². The third-order valence-corrected chi connectivity index (χ3v) is 7.85. The van der Waals surface area contributed by atoms with Crippen LogP contribution in [0.25, 0.3) is 0 Å². The zero-order valence-electron chi connectivity index (χ0n) is 30.3. The Hall–Kier alpha value is -6.12. The van der Waals surface area contributed by atoms with Gasteiger partial charge in [0.25, 0.3) is 0 Å². The Morgan fingerprint density at radius 1 is 0.717 bits per heavy atom. The van der Waals surface area contributed by atoms with Crippen LogP contribution in [0.3, 0.4) is 0 Å². The van der Waals surface area contributed by atoms with Crippen LogP contribution in [0.2, 0.25) is 0 Å². The Morgan fingerprint density at radius 3 is 1.92 bits per heavy atom. The van der Waals surface area contributed by atoms with Crippen LogP contribution in [0, 0.1) is 5.92 Å². The normalized spacial score (nSPS) is 12.9. The van der Waals surface area contributed by atoms with E-state index in [4.69, 9.17) is 19.9 Å². The molecule has 3 aromatic carbocycles. The smallest absolute Gasteiger partial charge is 0.445 e. The van der Waals surface area contributed by atoms with Crippen LogP contribution in [0.4, 0.5) is 20.1 Å². The molecule has 53 heavy (non-hydrogen) atoms. The molecule has 6 amide bonds. The van der Waals surface area contributed by atoms with Crippen molar-refractivity contribution in [3.8, 4) is 0 Å². The summed E-state index contributed by atoms with van der Waals surface area (Å²) in [4.78, 5) is 74.8. The number of hydrogen-bond acceptors (Lipinski definition) is 9. The molecule has 0 saturated heterocycles. The van der Waals surface area contributed by atoms with Gasteiger partial charge in [-0.3, -0.25) is 14.4 Å². The minimum atomic E-state index is -1.05. The minimum absolute atomic E-state index is 0.0138. The van der Waals surface area contributed by atoms with E-state index in [0.29, 0.717) is 23.2 Å². The molecule has 0 bridgehead atoms. The minimum Gasteiger partial charge on any atom is -0.445 e. The fourth-order valence-electron chi connectivity index (χ4n) is 5.17. The van der Waals surface area contributed by atoms with Crippen LogP contribution in [0.1, 0.15) is 63.3 Å². The number of ether oxygens (including phenoxy) is 3. The lowest BCUT2D eigenvalue weighted by atomic mass is 10.0. The second kappa shape index (κ2) is 21.3. The second-order valence-corrected chi connectivity index (χ2v) is 12.6. The Bertz CT molecular complexity index is 1660. The maximum Gasteiger partial charge on any atom is 0.509 e. The number of urea groups is 1. The van der Waals surface area contributed by atoms with Gasteiger partial charge in [0, 0.05) is 19.2 Å². The molecule has 0 aliphatic heterocycles. The highest BCUT2D eigenvalue weighted by atomic mass is 16.7. The standard InChI is InChI=1S/C38H48N6O9/c1-24(2)32(44-37(49)51-22-27-12-7-5-8-13-27)35(47)43-31(16-11-21-40-36(39)48)34(46)42-30-19-17-28(18-20-30)23-52-38(50)53-33(25(3)41-26(4)45)29-14-9-6-10-15-29/h5-10,12-15,17-20,24-25,31-33H,11,16,21-23H2,1-4H3,(H,41,45)(H,42,46)(H,43,47)(H,44,49)(H3,39,40,48)/t25-,31+,32+,33-/m1/s1. The van der Waals surface area contributed by atoms with Crippen LogP contribution >= 0.6 is 0 Å². The summed E-state index contributed by atoms with van der Waals surface area (Å²) in [5, 5.41) is 13.2. The van der Waals surface area contributed by atoms with Crippen LogP contribution in [0.15, 0.2) is 84.9 Å². The van der Waals surface area contributed by atoms with E-state index in [0.717, 1.165) is 5.56 Å². The maximum atomic E-state index is 13.4. The van der Waals surface area contributed by atoms with Gasteiger partial charge in [0.15, 0.2) is 6.10 Å². The van der Waals surface area contributed by atoms with E-state index < -0.39 is 54.3 Å². The first kappa shape index (κ1) is 41.3. The van der Waals surface area contributed by atoms with Gasteiger partial charge in [0.1, 0.15) is 25.3 Å². The van der Waals surface area contributed by atoms with Crippen molar-refractivity contribution in [3.05, 3.63) is 102 Å². The summed E-state index contributed by atoms with van der Waals surface area (Å²) in [7, 11) is 0. The zero-order valence-corrected chi connectivity index (χ0v) is 30.3. The first-order valence-corrected chi connectivity index (χ1v) is 17.2. The molecule has 0 heterocycles. The largest absolute Gasteiger partial charge is 0.509 e. The number of hydrogen-bond donors (Lipinski definition) is 6. The number of rotatable bonds is 18. The summed E-state index contributed by atoms with van der Waals surface area (Å²) in [6.07, 6.45) is -2.06. The molecule has 0 aliphatic carbocycles. The van der Waals surface area contributed by atoms with Crippen LogP contribution in [0.5, 0.6) is 0 Å². The van der Waals surface area contributed by atoms with Gasteiger partial charge >= 0.3 is 18.3 Å². The molecule has 0 radical (unpaired) electrons. The zero-order chi connectivity index (χ0) is 38.8. The number of primary amides is 1. The summed E-state index contributed by atoms with van der Waals surface area (Å²) < 4.78 is 16.2. The van der Waals surface area contributed by atoms with Crippen molar-refractivity contribution < 1.29 is 43.0 Å². The van der Waals surface area contributed by atoms with Gasteiger partial charge in [0.2, 0.25) is 17.7 Å². The van der Waals surface area contributed by atoms with Gasteiger partial charge in [0.05, 0.1) is 6.04 Å². The van der Waals surface area contributed by atoms with Gasteiger partial charge in [-0.1, -0.05) is 86.6 Å². The second-order valence-electron chi connectivity index (χ2n) is 12.6. The summed E-state index contributed by atoms with van der Waals surface area (Å²) >= 11 is 0. The van der Waals surface area contributed by atoms with E-state index in [-0.39, 0.29) is 38.0 Å². The summed E-state index contributed by atoms with van der Waals surface area (Å²) in [6, 6.07) is 21.2. The molecule has 0 aromatic heterocycles. The first-order valence-electron chi connectivity index (χ1n) is 17.2. The van der Waals surface area contributed by atoms with Crippen molar-refractivity contribution in [3.63, 3.8) is 0 Å². The van der Waals surface area contributed by atoms with Gasteiger partial charge < -0.3 is 46.5 Å². The average molecular weight is 733 g/mol. The van der Waals surface area contributed by atoms with Gasteiger partial charge in [-0.2, -0.15) is 0 Å². The number of alkyl carbamates (subject to hydrolysis) is 1. The number of amides is 6. The number of nitrogens with one attached hydrogen (secondary N) is 5. The monoisotopic (exact) mass is 732 g/mol. The van der Waals surface area contributed by atoms with Gasteiger partial charge in [-0.25, -0.2) is 14.4 Å². The molecule has 284 valence electrons. The van der Waals surface area contributed by atoms with E-state index >= 15 is 0 Å². The van der Waals surface area contributed by atoms with E-state index in [1.807, 2.05) is 24.3 Å². The number of carbonyl (C=O) groups excluding carboxylic acids is 6. The molecule has 0 unspecified atom stereocenters. The van der Waals surface area contributed by atoms with Crippen molar-refractivity contribution in [2.24, 2.45) is 11.7 Å². The summed E-state index contributed by atoms with van der Waals surface area (Å²) in [6.45, 7) is 6.63. The van der Waals surface area contributed by atoms with Gasteiger partial charge in [-0.15, -0.1) is 0 Å². The number of nitrogens with two attached hydrogens (primary N) is 1. The average Bonchev–Trinajstić information content (AvgIpc) is 3.13. The molecule has 15 heteroatoms. The van der Waals surface area contributed by atoms with E-state index in [1.54, 1.807) is 81.4 Å². The third kappa shape index (κ3) is 14.9. The Balaban J connectivity index is 1.60. The van der Waals surface area contributed by atoms with Crippen LogP contribution < -0.4 is 32.3 Å². The lowest BCUT2D eigenvalue weighted by Crippen LogP contribution is -2.54. The van der Waals surface area contributed by atoms with Crippen molar-refractivity contribution >= 4 is 41.7 Å². The van der Waals surface area contributed by atoms with Crippen molar-refractivity contribution in [2.75, 3.05) is 11.9 Å². The van der Waals surface area contributed by atoms with Crippen LogP contribution in [-0.2, 0) is 41.8 Å². The topological polar surface area (TPSA) is 216 Å². The van der Waals surface area contributed by atoms with E-state index in [1.165, 1.54) is 6.92 Å². The number of benzene rings is 3. The molecule has 3 aromatic rings. The predicted octanol–water partition coefficient (Wildman–Crippen LogP) is 4.43. The SMILES string of the molecule is CC(=O)N[C@H](C)[C@@H](OC(=O)OCc1ccc(NC(=O)[C@H](CCCNC(N)=O)NC(=O)[C@@H](NC(=O)OCc2ccccc2)C(C)C)cc1)c1ccccc1. The molecule has 0 saturated carbocycles. The highest BCUT2D eigenvalue weighted by Gasteiger charge is 2.29. The summed E-state index contributed by atoms with van der Waals surface area (Å²) in [5.41, 5.74) is 7.61. The fourth-order valence-corrected chi connectivity index (χ4v) is 5.17. The van der Waals surface area contributed by atoms with Crippen LogP contribution in [-0.4, -0.2) is 60.7 Å². The molecule has 15 nitrogen and oxygen atoms in total. The molecular weight excluding hydrogens is 684 g/mol. The Morgan fingerprint density at radius 2 is 1.32 bits per heavy atom. The molecule has 4 atom stereocenters. The molecule has 7 N–H and O–H groups in total. The highest BCUT2D eigenvalue weighted by molar-refractivity contribution is 5.98. The predicted molar refractivity (Wildman–Crippen MR) is 196 cm³/mol. The molecule has 3 rings (SSSR count). The number of carbonyl (C=O) groups is 6. The Labute approximate surface area is 308 Å². The lowest BCUT2D eigenvalue weighted by molar-refractivity contribution is -0.128. The molecule has 0 aliphatic rings. The fraction of sp³-hybridized carbons (Fsp3) is 0.368. The van der Waals surface area contributed by atoms with E-state index in [2.05, 4.69) is 26.6 Å². The highest BCUT2D eigenvalue weighted by Crippen LogP contribution is 2.23. The third-order valence-electron chi connectivity index (χ3n) is 7.85. The lowest BCUT2D eigenvalue weighted by Gasteiger charge is -2.25.